The van der Waals surface area contributed by atoms with Crippen molar-refractivity contribution in [1.29, 1.82) is 0 Å². The van der Waals surface area contributed by atoms with Crippen molar-refractivity contribution >= 4 is 29.1 Å². The molecule has 3 rings (SSSR count). The lowest BCUT2D eigenvalue weighted by molar-refractivity contribution is -0.130. The smallest absolute Gasteiger partial charge is 0.259 e. The van der Waals surface area contributed by atoms with Crippen molar-refractivity contribution in [2.24, 2.45) is 0 Å². The lowest BCUT2D eigenvalue weighted by Gasteiger charge is -2.16. The fourth-order valence-corrected chi connectivity index (χ4v) is 2.89. The monoisotopic (exact) mass is 381 g/mol. The normalized spacial score (nSPS) is 13.4. The molecule has 7 nitrogen and oxygen atoms in total. The van der Waals surface area contributed by atoms with Crippen LogP contribution in [0.4, 0.5) is 11.4 Å². The number of likely N-dealkylation sites (N-methyl/N-ethyl adjacent to an activating group) is 1. The van der Waals surface area contributed by atoms with E-state index in [1.165, 1.54) is 4.90 Å². The first-order valence-corrected chi connectivity index (χ1v) is 9.09. The highest BCUT2D eigenvalue weighted by molar-refractivity contribution is 6.06. The topological polar surface area (TPSA) is 79.0 Å². The standard InChI is InChI=1S/C21H23N3O4/c1-23(2)20(26)14-28-18-7-4-3-6-17(18)21(27)22-15-9-11-16(12-10-15)24-13-5-8-19(24)25/h3-4,6-7,9-12H,5,8,13-14H2,1-2H3,(H,22,27). The quantitative estimate of drug-likeness (QED) is 0.834. The van der Waals surface area contributed by atoms with Gasteiger partial charge in [0.05, 0.1) is 5.56 Å². The van der Waals surface area contributed by atoms with Crippen molar-refractivity contribution in [2.45, 2.75) is 12.8 Å². The molecule has 0 atom stereocenters. The van der Waals surface area contributed by atoms with Crippen LogP contribution in [0, 0.1) is 0 Å². The predicted molar refractivity (Wildman–Crippen MR) is 107 cm³/mol. The third kappa shape index (κ3) is 4.49. The summed E-state index contributed by atoms with van der Waals surface area (Å²) in [7, 11) is 3.29. The molecule has 1 N–H and O–H groups in total. The molecule has 0 unspecified atom stereocenters. The van der Waals surface area contributed by atoms with E-state index in [0.29, 0.717) is 23.4 Å². The number of anilines is 2. The van der Waals surface area contributed by atoms with Crippen molar-refractivity contribution in [3.8, 4) is 5.75 Å². The Morgan fingerprint density at radius 1 is 1.11 bits per heavy atom. The second-order valence-electron chi connectivity index (χ2n) is 6.72. The van der Waals surface area contributed by atoms with Crippen LogP contribution in [0.25, 0.3) is 0 Å². The summed E-state index contributed by atoms with van der Waals surface area (Å²) in [5, 5.41) is 2.82. The van der Waals surface area contributed by atoms with Crippen LogP contribution >= 0.6 is 0 Å². The largest absolute Gasteiger partial charge is 0.483 e. The molecule has 146 valence electrons. The van der Waals surface area contributed by atoms with Gasteiger partial charge >= 0.3 is 0 Å². The number of benzene rings is 2. The third-order valence-electron chi connectivity index (χ3n) is 4.49. The zero-order chi connectivity index (χ0) is 20.1. The van der Waals surface area contributed by atoms with Crippen LogP contribution in [-0.4, -0.2) is 49.9 Å². The molecule has 1 heterocycles. The fourth-order valence-electron chi connectivity index (χ4n) is 2.89. The first-order chi connectivity index (χ1) is 13.5. The Bertz CT molecular complexity index is 877. The first kappa shape index (κ1) is 19.4. The highest BCUT2D eigenvalue weighted by atomic mass is 16.5. The summed E-state index contributed by atoms with van der Waals surface area (Å²) in [6.07, 6.45) is 1.44. The van der Waals surface area contributed by atoms with Crippen molar-refractivity contribution < 1.29 is 19.1 Å². The van der Waals surface area contributed by atoms with Gasteiger partial charge in [-0.1, -0.05) is 12.1 Å². The maximum Gasteiger partial charge on any atom is 0.259 e. The summed E-state index contributed by atoms with van der Waals surface area (Å²) >= 11 is 0. The van der Waals surface area contributed by atoms with Gasteiger partial charge in [0, 0.05) is 38.4 Å². The fraction of sp³-hybridized carbons (Fsp3) is 0.286. The molecule has 0 aromatic heterocycles. The Hall–Kier alpha value is -3.35. The van der Waals surface area contributed by atoms with Crippen LogP contribution < -0.4 is 15.0 Å². The summed E-state index contributed by atoms with van der Waals surface area (Å²) in [5.41, 5.74) is 1.78. The predicted octanol–water partition coefficient (Wildman–Crippen LogP) is 2.53. The van der Waals surface area contributed by atoms with Gasteiger partial charge < -0.3 is 19.9 Å². The number of ether oxygens (including phenoxy) is 1. The summed E-state index contributed by atoms with van der Waals surface area (Å²) in [5.74, 6) is -0.0650. The number of rotatable bonds is 6. The number of nitrogens with zero attached hydrogens (tertiary/aromatic N) is 2. The van der Waals surface area contributed by atoms with Crippen LogP contribution in [0.1, 0.15) is 23.2 Å². The number of carbonyl (C=O) groups excluding carboxylic acids is 3. The zero-order valence-electron chi connectivity index (χ0n) is 16.0. The van der Waals surface area contributed by atoms with Gasteiger partial charge in [-0.25, -0.2) is 0 Å². The number of carbonyl (C=O) groups is 3. The Morgan fingerprint density at radius 2 is 1.82 bits per heavy atom. The minimum absolute atomic E-state index is 0.120. The van der Waals surface area contributed by atoms with E-state index in [4.69, 9.17) is 4.74 Å². The van der Waals surface area contributed by atoms with E-state index in [1.807, 2.05) is 12.1 Å². The van der Waals surface area contributed by atoms with Crippen LogP contribution in [0.15, 0.2) is 48.5 Å². The summed E-state index contributed by atoms with van der Waals surface area (Å²) in [4.78, 5) is 39.4. The molecule has 2 aromatic rings. The lowest BCUT2D eigenvalue weighted by Crippen LogP contribution is -2.28. The second kappa shape index (κ2) is 8.56. The minimum Gasteiger partial charge on any atom is -0.483 e. The zero-order valence-corrected chi connectivity index (χ0v) is 16.0. The summed E-state index contributed by atoms with van der Waals surface area (Å²) < 4.78 is 5.52. The van der Waals surface area contributed by atoms with Gasteiger partial charge in [-0.2, -0.15) is 0 Å². The number of para-hydroxylation sites is 1. The molecule has 1 aliphatic rings. The second-order valence-corrected chi connectivity index (χ2v) is 6.72. The van der Waals surface area contributed by atoms with E-state index < -0.39 is 0 Å². The van der Waals surface area contributed by atoms with E-state index in [0.717, 1.165) is 18.7 Å². The molecule has 1 aliphatic heterocycles. The highest BCUT2D eigenvalue weighted by Crippen LogP contribution is 2.24. The molecule has 2 aromatic carbocycles. The van der Waals surface area contributed by atoms with Crippen molar-refractivity contribution in [1.82, 2.24) is 4.90 Å². The van der Waals surface area contributed by atoms with Gasteiger partial charge in [0.15, 0.2) is 6.61 Å². The third-order valence-corrected chi connectivity index (χ3v) is 4.49. The molecule has 0 aliphatic carbocycles. The number of hydrogen-bond donors (Lipinski definition) is 1. The molecular weight excluding hydrogens is 358 g/mol. The molecular formula is C21H23N3O4. The Morgan fingerprint density at radius 3 is 2.46 bits per heavy atom. The van der Waals surface area contributed by atoms with Gasteiger partial charge in [-0.3, -0.25) is 14.4 Å². The van der Waals surface area contributed by atoms with E-state index in [-0.39, 0.29) is 24.3 Å². The van der Waals surface area contributed by atoms with Crippen LogP contribution in [0.2, 0.25) is 0 Å². The SMILES string of the molecule is CN(C)C(=O)COc1ccccc1C(=O)Nc1ccc(N2CCCC2=O)cc1. The molecule has 0 radical (unpaired) electrons. The number of amides is 3. The van der Waals surface area contributed by atoms with Gasteiger partial charge in [0.1, 0.15) is 5.75 Å². The first-order valence-electron chi connectivity index (χ1n) is 9.09. The molecule has 7 heteroatoms. The molecule has 0 saturated carbocycles. The van der Waals surface area contributed by atoms with Crippen molar-refractivity contribution in [2.75, 3.05) is 37.5 Å². The van der Waals surface area contributed by atoms with E-state index in [1.54, 1.807) is 55.4 Å². The Labute approximate surface area is 163 Å². The minimum atomic E-state index is -0.335. The van der Waals surface area contributed by atoms with Crippen molar-refractivity contribution in [3.63, 3.8) is 0 Å². The van der Waals surface area contributed by atoms with E-state index in [2.05, 4.69) is 5.32 Å². The van der Waals surface area contributed by atoms with Crippen LogP contribution in [0.5, 0.6) is 5.75 Å². The Kier molecular flexibility index (Phi) is 5.93. The molecule has 1 saturated heterocycles. The van der Waals surface area contributed by atoms with E-state index in [9.17, 15) is 14.4 Å². The van der Waals surface area contributed by atoms with Crippen molar-refractivity contribution in [3.05, 3.63) is 54.1 Å². The van der Waals surface area contributed by atoms with E-state index >= 15 is 0 Å². The maximum absolute atomic E-state index is 12.7. The molecule has 1 fully saturated rings. The van der Waals surface area contributed by atoms with Gasteiger partial charge in [0.2, 0.25) is 5.91 Å². The average Bonchev–Trinajstić information content (AvgIpc) is 3.12. The molecule has 0 spiro atoms. The molecule has 28 heavy (non-hydrogen) atoms. The average molecular weight is 381 g/mol. The van der Waals surface area contributed by atoms with Crippen LogP contribution in [-0.2, 0) is 9.59 Å². The summed E-state index contributed by atoms with van der Waals surface area (Å²) in [6, 6.07) is 13.9. The van der Waals surface area contributed by atoms with Gasteiger partial charge in [-0.15, -0.1) is 0 Å². The Balaban J connectivity index is 1.68. The number of nitrogens with one attached hydrogen (secondary N) is 1. The van der Waals surface area contributed by atoms with Gasteiger partial charge in [0.25, 0.3) is 11.8 Å². The number of hydrogen-bond acceptors (Lipinski definition) is 4. The maximum atomic E-state index is 12.7. The summed E-state index contributed by atoms with van der Waals surface area (Å²) in [6.45, 7) is 0.580. The highest BCUT2D eigenvalue weighted by Gasteiger charge is 2.21. The van der Waals surface area contributed by atoms with Crippen LogP contribution in [0.3, 0.4) is 0 Å². The lowest BCUT2D eigenvalue weighted by atomic mass is 10.1. The molecule has 3 amide bonds. The van der Waals surface area contributed by atoms with Gasteiger partial charge in [-0.05, 0) is 42.8 Å². The molecule has 0 bridgehead atoms.